The van der Waals surface area contributed by atoms with Crippen LogP contribution in [0.3, 0.4) is 0 Å². The maximum atomic E-state index is 13.7. The summed E-state index contributed by atoms with van der Waals surface area (Å²) in [6.45, 7) is 0. The van der Waals surface area contributed by atoms with E-state index in [9.17, 15) is 12.8 Å². The molecule has 0 atom stereocenters. The van der Waals surface area contributed by atoms with Gasteiger partial charge in [-0.3, -0.25) is 10.1 Å². The number of nitrogens with two attached hydrogens (primary N) is 1. The molecule has 0 bridgehead atoms. The van der Waals surface area contributed by atoms with Crippen molar-refractivity contribution in [1.29, 1.82) is 5.41 Å². The van der Waals surface area contributed by atoms with Crippen LogP contribution in [-0.4, -0.2) is 19.5 Å². The Labute approximate surface area is 117 Å². The zero-order valence-electron chi connectivity index (χ0n) is 11.0. The largest absolute Gasteiger partial charge is 0.384 e. The van der Waals surface area contributed by atoms with Crippen LogP contribution < -0.4 is 10.5 Å². The number of anilines is 1. The molecule has 0 saturated heterocycles. The SMILES string of the molecule is N=C(N)c1c(F)cccc1NS(=O)(=O)C1CCCCC1. The summed E-state index contributed by atoms with van der Waals surface area (Å²) >= 11 is 0. The highest BCUT2D eigenvalue weighted by molar-refractivity contribution is 7.93. The third-order valence-corrected chi connectivity index (χ3v) is 5.38. The molecule has 110 valence electrons. The van der Waals surface area contributed by atoms with Crippen LogP contribution in [0.2, 0.25) is 0 Å². The molecule has 20 heavy (non-hydrogen) atoms. The van der Waals surface area contributed by atoms with E-state index in [1.165, 1.54) is 12.1 Å². The van der Waals surface area contributed by atoms with Gasteiger partial charge in [-0.2, -0.15) is 0 Å². The number of hydrogen-bond acceptors (Lipinski definition) is 3. The highest BCUT2D eigenvalue weighted by Gasteiger charge is 2.28. The molecule has 5 nitrogen and oxygen atoms in total. The second-order valence-corrected chi connectivity index (χ2v) is 6.94. The van der Waals surface area contributed by atoms with Crippen LogP contribution in [-0.2, 0) is 10.0 Å². The minimum absolute atomic E-state index is 0.0306. The van der Waals surface area contributed by atoms with Gasteiger partial charge >= 0.3 is 0 Å². The lowest BCUT2D eigenvalue weighted by atomic mass is 10.0. The van der Waals surface area contributed by atoms with E-state index in [-0.39, 0.29) is 11.3 Å². The second kappa shape index (κ2) is 5.78. The number of hydrogen-bond donors (Lipinski definition) is 3. The van der Waals surface area contributed by atoms with Gasteiger partial charge in [-0.25, -0.2) is 12.8 Å². The highest BCUT2D eigenvalue weighted by atomic mass is 32.2. The average Bonchev–Trinajstić information content (AvgIpc) is 2.39. The summed E-state index contributed by atoms with van der Waals surface area (Å²) in [6.07, 6.45) is 4.04. The van der Waals surface area contributed by atoms with Gasteiger partial charge in [-0.05, 0) is 25.0 Å². The number of nitrogen functional groups attached to an aromatic ring is 1. The van der Waals surface area contributed by atoms with Crippen molar-refractivity contribution in [3.8, 4) is 0 Å². The Morgan fingerprint density at radius 2 is 1.95 bits per heavy atom. The van der Waals surface area contributed by atoms with Gasteiger partial charge in [0.25, 0.3) is 0 Å². The summed E-state index contributed by atoms with van der Waals surface area (Å²) in [5, 5.41) is 6.91. The highest BCUT2D eigenvalue weighted by Crippen LogP contribution is 2.27. The molecular formula is C13H18FN3O2S. The Balaban J connectivity index is 2.29. The van der Waals surface area contributed by atoms with Gasteiger partial charge in [-0.1, -0.05) is 25.3 Å². The van der Waals surface area contributed by atoms with E-state index in [4.69, 9.17) is 11.1 Å². The van der Waals surface area contributed by atoms with Crippen LogP contribution in [0.15, 0.2) is 18.2 Å². The number of amidine groups is 1. The van der Waals surface area contributed by atoms with Gasteiger partial charge < -0.3 is 5.73 Å². The third kappa shape index (κ3) is 3.09. The van der Waals surface area contributed by atoms with Gasteiger partial charge in [0.05, 0.1) is 16.5 Å². The van der Waals surface area contributed by atoms with Crippen LogP contribution in [0.1, 0.15) is 37.7 Å². The fraction of sp³-hybridized carbons (Fsp3) is 0.462. The van der Waals surface area contributed by atoms with Gasteiger partial charge in [0.15, 0.2) is 0 Å². The third-order valence-electron chi connectivity index (χ3n) is 3.53. The van der Waals surface area contributed by atoms with E-state index < -0.39 is 26.9 Å². The minimum Gasteiger partial charge on any atom is -0.384 e. The van der Waals surface area contributed by atoms with Crippen molar-refractivity contribution in [2.24, 2.45) is 5.73 Å². The Hall–Kier alpha value is -1.63. The van der Waals surface area contributed by atoms with Crippen molar-refractivity contribution in [3.63, 3.8) is 0 Å². The molecule has 0 heterocycles. The first-order valence-electron chi connectivity index (χ1n) is 6.56. The van der Waals surface area contributed by atoms with Crippen molar-refractivity contribution >= 4 is 21.5 Å². The number of benzene rings is 1. The maximum Gasteiger partial charge on any atom is 0.235 e. The number of halogens is 1. The van der Waals surface area contributed by atoms with E-state index in [2.05, 4.69) is 4.72 Å². The molecule has 1 aliphatic carbocycles. The van der Waals surface area contributed by atoms with Gasteiger partial charge in [-0.15, -0.1) is 0 Å². The lowest BCUT2D eigenvalue weighted by Crippen LogP contribution is -2.30. The fourth-order valence-corrected chi connectivity index (χ4v) is 4.09. The molecule has 0 aromatic heterocycles. The van der Waals surface area contributed by atoms with Crippen LogP contribution in [0.4, 0.5) is 10.1 Å². The normalized spacial score (nSPS) is 16.9. The summed E-state index contributed by atoms with van der Waals surface area (Å²) in [6, 6.07) is 3.95. The molecule has 0 aliphatic heterocycles. The van der Waals surface area contributed by atoms with E-state index in [1.54, 1.807) is 0 Å². The molecule has 4 N–H and O–H groups in total. The summed E-state index contributed by atoms with van der Waals surface area (Å²) in [5.74, 6) is -1.20. The van der Waals surface area contributed by atoms with Crippen LogP contribution in [0.5, 0.6) is 0 Å². The molecule has 1 aromatic rings. The molecule has 1 aromatic carbocycles. The predicted octanol–water partition coefficient (Wildman–Crippen LogP) is 2.18. The summed E-state index contributed by atoms with van der Waals surface area (Å²) in [5.41, 5.74) is 5.15. The van der Waals surface area contributed by atoms with Gasteiger partial charge in [0, 0.05) is 0 Å². The molecule has 1 saturated carbocycles. The van der Waals surface area contributed by atoms with E-state index >= 15 is 0 Å². The number of rotatable bonds is 4. The zero-order valence-corrected chi connectivity index (χ0v) is 11.8. The maximum absolute atomic E-state index is 13.7. The summed E-state index contributed by atoms with van der Waals surface area (Å²) < 4.78 is 40.6. The summed E-state index contributed by atoms with van der Waals surface area (Å²) in [4.78, 5) is 0. The van der Waals surface area contributed by atoms with Crippen molar-refractivity contribution in [2.45, 2.75) is 37.4 Å². The van der Waals surface area contributed by atoms with Crippen LogP contribution in [0, 0.1) is 11.2 Å². The van der Waals surface area contributed by atoms with E-state index in [1.807, 2.05) is 0 Å². The standard InChI is InChI=1S/C13H18FN3O2S/c14-10-7-4-8-11(12(10)13(15)16)17-20(18,19)9-5-2-1-3-6-9/h4,7-9,17H,1-3,5-6H2,(H3,15,16). The first kappa shape index (κ1) is 14.8. The Morgan fingerprint density at radius 1 is 1.30 bits per heavy atom. The predicted molar refractivity (Wildman–Crippen MR) is 76.8 cm³/mol. The first-order valence-corrected chi connectivity index (χ1v) is 8.11. The van der Waals surface area contributed by atoms with E-state index in [0.29, 0.717) is 12.8 Å². The topological polar surface area (TPSA) is 96.0 Å². The van der Waals surface area contributed by atoms with Crippen molar-refractivity contribution in [1.82, 2.24) is 0 Å². The lowest BCUT2D eigenvalue weighted by Gasteiger charge is -2.23. The zero-order chi connectivity index (χ0) is 14.8. The number of nitrogens with one attached hydrogen (secondary N) is 2. The van der Waals surface area contributed by atoms with Crippen LogP contribution >= 0.6 is 0 Å². The Kier molecular flexibility index (Phi) is 4.27. The Bertz CT molecular complexity index is 610. The molecule has 1 aliphatic rings. The molecule has 0 amide bonds. The molecule has 0 unspecified atom stereocenters. The monoisotopic (exact) mass is 299 g/mol. The van der Waals surface area contributed by atoms with Gasteiger partial charge in [0.1, 0.15) is 11.7 Å². The lowest BCUT2D eigenvalue weighted by molar-refractivity contribution is 0.486. The van der Waals surface area contributed by atoms with Crippen molar-refractivity contribution < 1.29 is 12.8 Å². The minimum atomic E-state index is -3.58. The van der Waals surface area contributed by atoms with Crippen molar-refractivity contribution in [3.05, 3.63) is 29.6 Å². The molecule has 2 rings (SSSR count). The van der Waals surface area contributed by atoms with Crippen LogP contribution in [0.25, 0.3) is 0 Å². The molecule has 1 fully saturated rings. The molecule has 7 heteroatoms. The summed E-state index contributed by atoms with van der Waals surface area (Å²) in [7, 11) is -3.58. The molecule has 0 spiro atoms. The van der Waals surface area contributed by atoms with Gasteiger partial charge in [0.2, 0.25) is 10.0 Å². The fourth-order valence-electron chi connectivity index (χ4n) is 2.49. The molecular weight excluding hydrogens is 281 g/mol. The second-order valence-electron chi connectivity index (χ2n) is 4.98. The first-order chi connectivity index (χ1) is 9.42. The van der Waals surface area contributed by atoms with E-state index in [0.717, 1.165) is 25.3 Å². The Morgan fingerprint density at radius 3 is 2.55 bits per heavy atom. The smallest absolute Gasteiger partial charge is 0.235 e. The van der Waals surface area contributed by atoms with Crippen molar-refractivity contribution in [2.75, 3.05) is 4.72 Å². The molecule has 0 radical (unpaired) electrons. The number of sulfonamides is 1. The quantitative estimate of drug-likeness (QED) is 0.587. The average molecular weight is 299 g/mol.